The topological polar surface area (TPSA) is 70.5 Å². The van der Waals surface area contributed by atoms with Gasteiger partial charge < -0.3 is 10.0 Å². The molecular formula is C12H16N2O3S. The first-order valence-corrected chi connectivity index (χ1v) is 6.80. The second-order valence-corrected chi connectivity index (χ2v) is 5.92. The molecule has 18 heavy (non-hydrogen) atoms. The van der Waals surface area contributed by atoms with Crippen LogP contribution in [0, 0.1) is 5.41 Å². The zero-order valence-electron chi connectivity index (χ0n) is 10.4. The maximum Gasteiger partial charge on any atom is 0.326 e. The van der Waals surface area contributed by atoms with Gasteiger partial charge in [-0.25, -0.2) is 9.78 Å². The Morgan fingerprint density at radius 1 is 1.56 bits per heavy atom. The first-order valence-electron chi connectivity index (χ1n) is 5.85. The van der Waals surface area contributed by atoms with Gasteiger partial charge in [0.15, 0.2) is 0 Å². The van der Waals surface area contributed by atoms with Crippen LogP contribution in [0.1, 0.15) is 37.2 Å². The molecule has 1 aliphatic rings. The number of carbonyl (C=O) groups excluding carboxylic acids is 1. The average Bonchev–Trinajstić information content (AvgIpc) is 2.79. The number of aliphatic carboxylic acids is 1. The molecule has 0 spiro atoms. The summed E-state index contributed by atoms with van der Waals surface area (Å²) in [6.07, 6.45) is 1.64. The number of hydrogen-bond donors (Lipinski definition) is 1. The number of piperidine rings is 1. The van der Waals surface area contributed by atoms with Crippen molar-refractivity contribution in [2.24, 2.45) is 5.41 Å². The smallest absolute Gasteiger partial charge is 0.326 e. The summed E-state index contributed by atoms with van der Waals surface area (Å²) < 4.78 is 0. The van der Waals surface area contributed by atoms with Gasteiger partial charge in [0.25, 0.3) is 5.91 Å². The van der Waals surface area contributed by atoms with E-state index in [1.54, 1.807) is 10.9 Å². The molecule has 0 aliphatic carbocycles. The van der Waals surface area contributed by atoms with Gasteiger partial charge in [-0.05, 0) is 18.3 Å². The molecule has 6 heteroatoms. The Balaban J connectivity index is 2.30. The summed E-state index contributed by atoms with van der Waals surface area (Å²) in [5.41, 5.74) is 1.51. The predicted octanol–water partition coefficient (Wildman–Crippen LogP) is 1.86. The van der Waals surface area contributed by atoms with Crippen molar-refractivity contribution in [1.82, 2.24) is 9.88 Å². The van der Waals surface area contributed by atoms with E-state index in [0.29, 0.717) is 12.2 Å². The van der Waals surface area contributed by atoms with Crippen LogP contribution in [0.15, 0.2) is 10.9 Å². The average molecular weight is 268 g/mol. The molecule has 1 fully saturated rings. The van der Waals surface area contributed by atoms with E-state index >= 15 is 0 Å². The number of hydrogen-bond acceptors (Lipinski definition) is 4. The molecule has 0 bridgehead atoms. The predicted molar refractivity (Wildman–Crippen MR) is 67.6 cm³/mol. The summed E-state index contributed by atoms with van der Waals surface area (Å²) in [5.74, 6) is -1.22. The molecular weight excluding hydrogens is 252 g/mol. The van der Waals surface area contributed by atoms with E-state index in [4.69, 9.17) is 0 Å². The molecule has 1 aromatic heterocycles. The number of aromatic nitrogens is 1. The number of rotatable bonds is 2. The van der Waals surface area contributed by atoms with Crippen LogP contribution in [0.2, 0.25) is 0 Å². The number of carboxylic acids is 1. The lowest BCUT2D eigenvalue weighted by Gasteiger charge is -2.43. The molecule has 2 rings (SSSR count). The van der Waals surface area contributed by atoms with Gasteiger partial charge in [-0.3, -0.25) is 4.79 Å². The molecule has 1 unspecified atom stereocenters. The fourth-order valence-corrected chi connectivity index (χ4v) is 3.07. The third-order valence-corrected chi connectivity index (χ3v) is 4.00. The van der Waals surface area contributed by atoms with Crippen molar-refractivity contribution in [3.05, 3.63) is 16.6 Å². The largest absolute Gasteiger partial charge is 0.480 e. The summed E-state index contributed by atoms with van der Waals surface area (Å²) in [6, 6.07) is -0.777. The van der Waals surface area contributed by atoms with Gasteiger partial charge in [-0.1, -0.05) is 13.8 Å². The Morgan fingerprint density at radius 3 is 2.83 bits per heavy atom. The lowest BCUT2D eigenvalue weighted by Crippen LogP contribution is -2.56. The Labute approximate surface area is 109 Å². The van der Waals surface area contributed by atoms with Crippen LogP contribution < -0.4 is 0 Å². The Morgan fingerprint density at radius 2 is 2.28 bits per heavy atom. The molecule has 1 atom stereocenters. The molecule has 0 radical (unpaired) electrons. The number of amides is 1. The normalized spacial score (nSPS) is 22.8. The maximum absolute atomic E-state index is 12.3. The Bertz CT molecular complexity index is 456. The van der Waals surface area contributed by atoms with E-state index in [9.17, 15) is 14.7 Å². The summed E-state index contributed by atoms with van der Waals surface area (Å²) in [4.78, 5) is 29.1. The standard InChI is InChI=1S/C12H16N2O3S/c1-12(2)4-3-5-14(9(12)11(16)17)10(15)8-6-18-7-13-8/h6-7,9H,3-5H2,1-2H3,(H,16,17). The molecule has 5 nitrogen and oxygen atoms in total. The Hall–Kier alpha value is -1.43. The minimum Gasteiger partial charge on any atom is -0.480 e. The third-order valence-electron chi connectivity index (χ3n) is 3.42. The van der Waals surface area contributed by atoms with Crippen molar-refractivity contribution in [3.8, 4) is 0 Å². The van der Waals surface area contributed by atoms with E-state index in [1.807, 2.05) is 13.8 Å². The zero-order valence-corrected chi connectivity index (χ0v) is 11.2. The minimum atomic E-state index is -0.941. The van der Waals surface area contributed by atoms with E-state index in [1.165, 1.54) is 16.2 Å². The molecule has 1 N–H and O–H groups in total. The molecule has 1 saturated heterocycles. The molecule has 1 aliphatic heterocycles. The van der Waals surface area contributed by atoms with E-state index in [-0.39, 0.29) is 5.91 Å². The summed E-state index contributed by atoms with van der Waals surface area (Å²) in [7, 11) is 0. The van der Waals surface area contributed by atoms with Crippen molar-refractivity contribution in [1.29, 1.82) is 0 Å². The fraction of sp³-hybridized carbons (Fsp3) is 0.583. The number of likely N-dealkylation sites (tertiary alicyclic amines) is 1. The first kappa shape index (κ1) is 13.0. The second kappa shape index (κ2) is 4.68. The number of nitrogens with zero attached hydrogens (tertiary/aromatic N) is 2. The molecule has 1 amide bonds. The lowest BCUT2D eigenvalue weighted by molar-refractivity contribution is -0.148. The van der Waals surface area contributed by atoms with Gasteiger partial charge in [0, 0.05) is 11.9 Å². The molecule has 98 valence electrons. The van der Waals surface area contributed by atoms with Gasteiger partial charge in [0.05, 0.1) is 5.51 Å². The molecule has 0 aromatic carbocycles. The quantitative estimate of drug-likeness (QED) is 0.888. The highest BCUT2D eigenvalue weighted by Crippen LogP contribution is 2.35. The van der Waals surface area contributed by atoms with Gasteiger partial charge in [0.1, 0.15) is 11.7 Å². The molecule has 1 aromatic rings. The number of carbonyl (C=O) groups is 2. The maximum atomic E-state index is 12.3. The van der Waals surface area contributed by atoms with Crippen molar-refractivity contribution < 1.29 is 14.7 Å². The van der Waals surface area contributed by atoms with Crippen molar-refractivity contribution >= 4 is 23.2 Å². The van der Waals surface area contributed by atoms with Gasteiger partial charge in [-0.15, -0.1) is 11.3 Å². The monoisotopic (exact) mass is 268 g/mol. The van der Waals surface area contributed by atoms with Crippen LogP contribution in [-0.2, 0) is 4.79 Å². The Kier molecular flexibility index (Phi) is 3.38. The number of thiazole rings is 1. The van der Waals surface area contributed by atoms with Crippen molar-refractivity contribution in [3.63, 3.8) is 0 Å². The van der Waals surface area contributed by atoms with Gasteiger partial charge >= 0.3 is 5.97 Å². The first-order chi connectivity index (χ1) is 8.43. The van der Waals surface area contributed by atoms with Gasteiger partial charge in [0.2, 0.25) is 0 Å². The third kappa shape index (κ3) is 2.25. The highest BCUT2D eigenvalue weighted by Gasteiger charge is 2.44. The molecule has 0 saturated carbocycles. The van der Waals surface area contributed by atoms with Crippen molar-refractivity contribution in [2.75, 3.05) is 6.54 Å². The minimum absolute atomic E-state index is 0.281. The summed E-state index contributed by atoms with van der Waals surface area (Å²) >= 11 is 1.34. The lowest BCUT2D eigenvalue weighted by atomic mass is 9.76. The van der Waals surface area contributed by atoms with Crippen LogP contribution in [0.3, 0.4) is 0 Å². The van der Waals surface area contributed by atoms with Crippen LogP contribution in [0.5, 0.6) is 0 Å². The van der Waals surface area contributed by atoms with E-state index < -0.39 is 17.4 Å². The highest BCUT2D eigenvalue weighted by atomic mass is 32.1. The van der Waals surface area contributed by atoms with Crippen LogP contribution in [0.4, 0.5) is 0 Å². The fourth-order valence-electron chi connectivity index (χ4n) is 2.54. The van der Waals surface area contributed by atoms with Crippen LogP contribution >= 0.6 is 11.3 Å². The SMILES string of the molecule is CC1(C)CCCN(C(=O)c2cscn2)C1C(=O)O. The summed E-state index contributed by atoms with van der Waals surface area (Å²) in [5, 5.41) is 11.0. The second-order valence-electron chi connectivity index (χ2n) is 5.21. The van der Waals surface area contributed by atoms with Crippen LogP contribution in [0.25, 0.3) is 0 Å². The van der Waals surface area contributed by atoms with E-state index in [0.717, 1.165) is 12.8 Å². The number of carboxylic acid groups (broad SMARTS) is 1. The summed E-state index contributed by atoms with van der Waals surface area (Å²) in [6.45, 7) is 4.27. The highest BCUT2D eigenvalue weighted by molar-refractivity contribution is 7.07. The van der Waals surface area contributed by atoms with Gasteiger partial charge in [-0.2, -0.15) is 0 Å². The van der Waals surface area contributed by atoms with Crippen molar-refractivity contribution in [2.45, 2.75) is 32.7 Å². The van der Waals surface area contributed by atoms with E-state index in [2.05, 4.69) is 4.98 Å². The molecule has 2 heterocycles. The zero-order chi connectivity index (χ0) is 13.3. The van der Waals surface area contributed by atoms with Crippen LogP contribution in [-0.4, -0.2) is 39.5 Å².